The van der Waals surface area contributed by atoms with Gasteiger partial charge in [-0.05, 0) is 35.1 Å². The van der Waals surface area contributed by atoms with Gasteiger partial charge >= 0.3 is 0 Å². The first-order valence-electron chi connectivity index (χ1n) is 9.74. The molecule has 0 aromatic heterocycles. The first-order valence-corrected chi connectivity index (χ1v) is 12.6. The number of hydrogen-bond donors (Lipinski definition) is 0. The molecule has 136 valence electrons. The van der Waals surface area contributed by atoms with Gasteiger partial charge in [0.1, 0.15) is 8.83 Å². The zero-order valence-corrected chi connectivity index (χ0v) is 17.9. The summed E-state index contributed by atoms with van der Waals surface area (Å²) in [5.41, 5.74) is 6.94. The summed E-state index contributed by atoms with van der Waals surface area (Å²) in [5, 5.41) is 0.0390. The van der Waals surface area contributed by atoms with Crippen molar-refractivity contribution < 1.29 is 0 Å². The lowest BCUT2D eigenvalue weighted by atomic mass is 9.80. The van der Waals surface area contributed by atoms with Gasteiger partial charge in [-0.15, -0.1) is 0 Å². The van der Waals surface area contributed by atoms with Crippen LogP contribution in [0.25, 0.3) is 11.1 Å². The molecule has 0 spiro atoms. The third-order valence-corrected chi connectivity index (χ3v) is 8.68. The van der Waals surface area contributed by atoms with Gasteiger partial charge in [0.15, 0.2) is 0 Å². The highest BCUT2D eigenvalue weighted by molar-refractivity contribution is 6.96. The molecule has 0 bridgehead atoms. The standard InChI is InChI=1S/C25H25ClSi/c1-2-23-17-21(19-9-5-3-6-10-19)15-16-25(23,27-26)18-22-14-13-20-11-7-4-8-12-24(20)22/h3-17,21H,2,18,27H2,1H3. The van der Waals surface area contributed by atoms with Crippen LogP contribution in [0.4, 0.5) is 0 Å². The number of benzene rings is 1. The van der Waals surface area contributed by atoms with E-state index in [9.17, 15) is 0 Å². The Bertz CT molecular complexity index is 943. The van der Waals surface area contributed by atoms with Crippen LogP contribution in [0.2, 0.25) is 5.04 Å². The number of rotatable bonds is 5. The second-order valence-electron chi connectivity index (χ2n) is 7.45. The molecular weight excluding hydrogens is 364 g/mol. The Labute approximate surface area is 169 Å². The number of halogens is 1. The van der Waals surface area contributed by atoms with Gasteiger partial charge in [-0.2, -0.15) is 11.1 Å². The lowest BCUT2D eigenvalue weighted by Gasteiger charge is -2.35. The van der Waals surface area contributed by atoms with Crippen molar-refractivity contribution in [2.45, 2.75) is 30.7 Å². The topological polar surface area (TPSA) is 0 Å². The van der Waals surface area contributed by atoms with E-state index in [1.807, 2.05) is 0 Å². The van der Waals surface area contributed by atoms with Crippen LogP contribution in [0.1, 0.15) is 30.4 Å². The fraction of sp³-hybridized carbons (Fsp3) is 0.200. The van der Waals surface area contributed by atoms with Gasteiger partial charge in [0.05, 0.1) is 0 Å². The summed E-state index contributed by atoms with van der Waals surface area (Å²) >= 11 is 6.75. The average Bonchev–Trinajstić information content (AvgIpc) is 2.94. The Morgan fingerprint density at radius 1 is 0.926 bits per heavy atom. The van der Waals surface area contributed by atoms with E-state index in [0.29, 0.717) is 5.92 Å². The second-order valence-corrected chi connectivity index (χ2v) is 9.78. The van der Waals surface area contributed by atoms with Gasteiger partial charge in [0.25, 0.3) is 0 Å². The molecule has 3 aliphatic rings. The van der Waals surface area contributed by atoms with Crippen molar-refractivity contribution >= 4 is 19.9 Å². The fourth-order valence-corrected chi connectivity index (χ4v) is 6.50. The lowest BCUT2D eigenvalue weighted by Crippen LogP contribution is -2.24. The van der Waals surface area contributed by atoms with E-state index in [1.54, 1.807) is 0 Å². The minimum absolute atomic E-state index is 0.0390. The summed E-state index contributed by atoms with van der Waals surface area (Å²) in [5.74, 6) is 0.362. The van der Waals surface area contributed by atoms with Crippen LogP contribution in [0.3, 0.4) is 0 Å². The summed E-state index contributed by atoms with van der Waals surface area (Å²) in [4.78, 5) is 0. The summed E-state index contributed by atoms with van der Waals surface area (Å²) in [6, 6.07) is 26.1. The fourth-order valence-electron chi connectivity index (χ4n) is 4.31. The zero-order chi connectivity index (χ0) is 18.7. The van der Waals surface area contributed by atoms with Crippen molar-refractivity contribution in [1.82, 2.24) is 0 Å². The van der Waals surface area contributed by atoms with Crippen LogP contribution in [0.15, 0.2) is 96.6 Å². The van der Waals surface area contributed by atoms with Crippen molar-refractivity contribution in [2.24, 2.45) is 0 Å². The monoisotopic (exact) mass is 388 g/mol. The van der Waals surface area contributed by atoms with Crippen LogP contribution in [0.5, 0.6) is 0 Å². The molecular formula is C25H25ClSi. The first-order chi connectivity index (χ1) is 13.3. The van der Waals surface area contributed by atoms with E-state index in [4.69, 9.17) is 11.1 Å². The predicted molar refractivity (Wildman–Crippen MR) is 121 cm³/mol. The summed E-state index contributed by atoms with van der Waals surface area (Å²) in [7, 11) is -0.788. The number of hydrogen-bond acceptors (Lipinski definition) is 0. The number of allylic oxidation sites excluding steroid dienone is 4. The Balaban J connectivity index is 1.69. The van der Waals surface area contributed by atoms with Gasteiger partial charge in [0, 0.05) is 11.0 Å². The molecule has 3 aliphatic carbocycles. The van der Waals surface area contributed by atoms with E-state index >= 15 is 0 Å². The maximum absolute atomic E-state index is 6.75. The smallest absolute Gasteiger partial charge is 0.139 e. The third kappa shape index (κ3) is 3.54. The van der Waals surface area contributed by atoms with E-state index in [1.165, 1.54) is 27.8 Å². The molecule has 2 heteroatoms. The molecule has 0 aliphatic heterocycles. The minimum Gasteiger partial charge on any atom is -0.175 e. The number of fused-ring (bicyclic) bond motifs is 1. The molecule has 27 heavy (non-hydrogen) atoms. The molecule has 1 aromatic carbocycles. The molecule has 0 nitrogen and oxygen atoms in total. The third-order valence-electron chi connectivity index (χ3n) is 5.83. The molecule has 4 rings (SSSR count). The molecule has 0 radical (unpaired) electrons. The summed E-state index contributed by atoms with van der Waals surface area (Å²) in [6.07, 6.45) is 9.34. The normalized spacial score (nSPS) is 22.4. The highest BCUT2D eigenvalue weighted by atomic mass is 35.6. The Morgan fingerprint density at radius 2 is 1.67 bits per heavy atom. The molecule has 1 aromatic rings. The molecule has 0 amide bonds. The van der Waals surface area contributed by atoms with Gasteiger partial charge in [-0.1, -0.05) is 104 Å². The van der Waals surface area contributed by atoms with Crippen LogP contribution in [-0.4, -0.2) is 8.83 Å². The molecule has 0 saturated carbocycles. The molecule has 0 N–H and O–H groups in total. The highest BCUT2D eigenvalue weighted by Crippen LogP contribution is 2.49. The molecule has 2 atom stereocenters. The van der Waals surface area contributed by atoms with Gasteiger partial charge in [0.2, 0.25) is 0 Å². The zero-order valence-electron chi connectivity index (χ0n) is 15.7. The van der Waals surface area contributed by atoms with Crippen LogP contribution >= 0.6 is 11.1 Å². The lowest BCUT2D eigenvalue weighted by molar-refractivity contribution is 0.716. The molecule has 2 unspecified atom stereocenters. The van der Waals surface area contributed by atoms with Crippen molar-refractivity contribution in [1.29, 1.82) is 0 Å². The first kappa shape index (κ1) is 18.3. The van der Waals surface area contributed by atoms with Gasteiger partial charge in [-0.25, -0.2) is 0 Å². The van der Waals surface area contributed by atoms with E-state index < -0.39 is 8.83 Å². The van der Waals surface area contributed by atoms with Crippen LogP contribution in [-0.2, 0) is 6.42 Å². The average molecular weight is 389 g/mol. The van der Waals surface area contributed by atoms with Crippen LogP contribution in [0, 0.1) is 0 Å². The Morgan fingerprint density at radius 3 is 2.41 bits per heavy atom. The molecule has 0 heterocycles. The summed E-state index contributed by atoms with van der Waals surface area (Å²) < 4.78 is 0. The van der Waals surface area contributed by atoms with Crippen molar-refractivity contribution in [3.05, 3.63) is 108 Å². The SMILES string of the molecule is CCC1=CC(c2ccccc2)C=CC1(Cc1ccc2cccccc1-2)[SiH2]Cl. The maximum atomic E-state index is 6.75. The van der Waals surface area contributed by atoms with E-state index in [0.717, 1.165) is 12.8 Å². The second kappa shape index (κ2) is 7.88. The van der Waals surface area contributed by atoms with Gasteiger partial charge < -0.3 is 0 Å². The largest absolute Gasteiger partial charge is 0.175 e. The quantitative estimate of drug-likeness (QED) is 0.265. The minimum atomic E-state index is -0.788. The molecule has 0 saturated heterocycles. The van der Waals surface area contributed by atoms with Crippen molar-refractivity contribution in [3.8, 4) is 11.1 Å². The van der Waals surface area contributed by atoms with Crippen molar-refractivity contribution in [3.63, 3.8) is 0 Å². The van der Waals surface area contributed by atoms with Gasteiger partial charge in [-0.3, -0.25) is 0 Å². The van der Waals surface area contributed by atoms with E-state index in [2.05, 4.69) is 97.9 Å². The van der Waals surface area contributed by atoms with Crippen LogP contribution < -0.4 is 0 Å². The Kier molecular flexibility index (Phi) is 5.33. The summed E-state index contributed by atoms with van der Waals surface area (Å²) in [6.45, 7) is 2.27. The van der Waals surface area contributed by atoms with E-state index in [-0.39, 0.29) is 5.04 Å². The Hall–Kier alpha value is -2.09. The molecule has 0 fully saturated rings. The predicted octanol–water partition coefficient (Wildman–Crippen LogP) is 6.51. The van der Waals surface area contributed by atoms with Crippen molar-refractivity contribution in [2.75, 3.05) is 0 Å². The maximum Gasteiger partial charge on any atom is 0.139 e. The highest BCUT2D eigenvalue weighted by Gasteiger charge is 2.34.